The number of carbonyl (C=O) groups is 2. The molecule has 0 aliphatic heterocycles. The molecule has 10 heteroatoms. The van der Waals surface area contributed by atoms with Gasteiger partial charge in [0, 0.05) is 0 Å². The average molecular weight is 379 g/mol. The molecule has 0 aliphatic rings. The monoisotopic (exact) mass is 378 g/mol. The van der Waals surface area contributed by atoms with Gasteiger partial charge < -0.3 is 14.6 Å². The second kappa shape index (κ2) is 8.13. The summed E-state index contributed by atoms with van der Waals surface area (Å²) in [6.07, 6.45) is 0. The summed E-state index contributed by atoms with van der Waals surface area (Å²) in [6, 6.07) is 4.38. The van der Waals surface area contributed by atoms with Crippen molar-refractivity contribution in [2.75, 3.05) is 7.11 Å². The minimum Gasteiger partial charge on any atom is -0.543 e. The van der Waals surface area contributed by atoms with Gasteiger partial charge in [-0.1, -0.05) is 23.2 Å². The van der Waals surface area contributed by atoms with E-state index in [1.165, 1.54) is 25.1 Å². The van der Waals surface area contributed by atoms with E-state index in [0.717, 1.165) is 11.8 Å². The van der Waals surface area contributed by atoms with Crippen LogP contribution in [0.4, 0.5) is 0 Å². The van der Waals surface area contributed by atoms with E-state index in [9.17, 15) is 19.5 Å². The Morgan fingerprint density at radius 3 is 2.38 bits per heavy atom. The molecule has 2 rings (SSSR count). The van der Waals surface area contributed by atoms with E-state index in [1.54, 1.807) is 0 Å². The number of ether oxygens (including phenoxy) is 1. The first kappa shape index (κ1) is 20.7. The Balaban J connectivity index is 0.00000288. The molecule has 0 amide bonds. The van der Waals surface area contributed by atoms with Crippen LogP contribution in [0.25, 0.3) is 5.69 Å². The van der Waals surface area contributed by atoms with Crippen molar-refractivity contribution in [3.05, 3.63) is 55.4 Å². The number of nitrogens with zero attached hydrogens (tertiary/aromatic N) is 2. The quantitative estimate of drug-likeness (QED) is 0.452. The summed E-state index contributed by atoms with van der Waals surface area (Å²) >= 11 is 11.8. The van der Waals surface area contributed by atoms with Gasteiger partial charge in [0.05, 0.1) is 34.5 Å². The number of hydrogen-bond donors (Lipinski definition) is 0. The standard InChI is InChI=1S/C14H10Cl2N2O5.Na/c1-6-10(14(22)23-2)12(19)11(13(20)21)17-18(6)7-3-4-8(15)9(16)5-7;/h3-5H,1-2H3,(H,20,21);/q;+1/p-1. The van der Waals surface area contributed by atoms with Gasteiger partial charge in [0.15, 0.2) is 5.69 Å². The summed E-state index contributed by atoms with van der Waals surface area (Å²) in [7, 11) is 1.07. The van der Waals surface area contributed by atoms with Crippen LogP contribution in [-0.4, -0.2) is 28.8 Å². The molecule has 0 radical (unpaired) electrons. The van der Waals surface area contributed by atoms with Crippen LogP contribution in [0.15, 0.2) is 23.0 Å². The van der Waals surface area contributed by atoms with E-state index in [-0.39, 0.29) is 45.3 Å². The van der Waals surface area contributed by atoms with Crippen LogP contribution >= 0.6 is 23.2 Å². The van der Waals surface area contributed by atoms with E-state index in [4.69, 9.17) is 23.2 Å². The van der Waals surface area contributed by atoms with Crippen molar-refractivity contribution < 1.29 is 49.0 Å². The Morgan fingerprint density at radius 1 is 1.25 bits per heavy atom. The molecule has 0 unspecified atom stereocenters. The van der Waals surface area contributed by atoms with E-state index >= 15 is 0 Å². The second-order valence-corrected chi connectivity index (χ2v) is 5.24. The molecule has 0 fully saturated rings. The fraction of sp³-hybridized carbons (Fsp3) is 0.143. The van der Waals surface area contributed by atoms with Gasteiger partial charge in [-0.25, -0.2) is 9.48 Å². The number of carboxylic acids is 1. The zero-order chi connectivity index (χ0) is 17.3. The van der Waals surface area contributed by atoms with Crippen molar-refractivity contribution in [3.63, 3.8) is 0 Å². The molecule has 0 bridgehead atoms. The van der Waals surface area contributed by atoms with Crippen LogP contribution in [0.5, 0.6) is 0 Å². The van der Waals surface area contributed by atoms with Crippen molar-refractivity contribution in [2.45, 2.75) is 6.92 Å². The number of hydrogen-bond acceptors (Lipinski definition) is 6. The predicted octanol–water partition coefficient (Wildman–Crippen LogP) is -2.00. The number of esters is 1. The Morgan fingerprint density at radius 2 is 1.88 bits per heavy atom. The minimum absolute atomic E-state index is 0. The Bertz CT molecular complexity index is 882. The van der Waals surface area contributed by atoms with Gasteiger partial charge in [-0.3, -0.25) is 4.79 Å². The summed E-state index contributed by atoms with van der Waals surface area (Å²) in [5.41, 5.74) is -2.05. The molecule has 2 aromatic rings. The normalized spacial score (nSPS) is 10.0. The first-order chi connectivity index (χ1) is 10.8. The smallest absolute Gasteiger partial charge is 0.543 e. The maximum Gasteiger partial charge on any atom is 1.00 e. The third-order valence-corrected chi connectivity index (χ3v) is 3.79. The van der Waals surface area contributed by atoms with Gasteiger partial charge in [-0.05, 0) is 25.1 Å². The number of benzene rings is 1. The van der Waals surface area contributed by atoms with Gasteiger partial charge >= 0.3 is 35.5 Å². The zero-order valence-electron chi connectivity index (χ0n) is 12.9. The SMILES string of the molecule is COC(=O)c1c(C)n(-c2ccc(Cl)c(Cl)c2)nc(C(=O)[O-])c1=O.[Na+]. The molecule has 0 atom stereocenters. The van der Waals surface area contributed by atoms with Crippen LogP contribution < -0.4 is 40.1 Å². The molecule has 1 heterocycles. The third kappa shape index (κ3) is 3.81. The molecule has 0 saturated carbocycles. The molecule has 24 heavy (non-hydrogen) atoms. The molecule has 7 nitrogen and oxygen atoms in total. The number of methoxy groups -OCH3 is 1. The topological polar surface area (TPSA) is 101 Å². The molecular formula is C14H9Cl2N2NaO5. The van der Waals surface area contributed by atoms with Crippen LogP contribution in [0.2, 0.25) is 10.0 Å². The van der Waals surface area contributed by atoms with Crippen molar-refractivity contribution in [3.8, 4) is 5.69 Å². The van der Waals surface area contributed by atoms with E-state index in [1.807, 2.05) is 0 Å². The number of carboxylic acid groups (broad SMARTS) is 1. The molecule has 1 aromatic heterocycles. The maximum absolute atomic E-state index is 12.1. The number of halogens is 2. The van der Waals surface area contributed by atoms with Crippen molar-refractivity contribution in [2.24, 2.45) is 0 Å². The molecule has 0 saturated heterocycles. The van der Waals surface area contributed by atoms with Crippen LogP contribution in [0.3, 0.4) is 0 Å². The fourth-order valence-corrected chi connectivity index (χ4v) is 2.25. The number of aromatic nitrogens is 2. The average Bonchev–Trinajstić information content (AvgIpc) is 2.49. The Labute approximate surface area is 168 Å². The predicted molar refractivity (Wildman–Crippen MR) is 80.3 cm³/mol. The van der Waals surface area contributed by atoms with Crippen molar-refractivity contribution in [1.82, 2.24) is 9.78 Å². The summed E-state index contributed by atoms with van der Waals surface area (Å²) < 4.78 is 5.61. The zero-order valence-corrected chi connectivity index (χ0v) is 16.4. The van der Waals surface area contributed by atoms with Crippen molar-refractivity contribution in [1.29, 1.82) is 0 Å². The molecule has 0 N–H and O–H groups in total. The third-order valence-electron chi connectivity index (χ3n) is 3.05. The Kier molecular flexibility index (Phi) is 7.00. The second-order valence-electron chi connectivity index (χ2n) is 4.43. The molecule has 120 valence electrons. The molecule has 1 aromatic carbocycles. The van der Waals surface area contributed by atoms with Gasteiger partial charge in [0.25, 0.3) is 0 Å². The minimum atomic E-state index is -1.81. The van der Waals surface area contributed by atoms with Gasteiger partial charge in [0.1, 0.15) is 5.56 Å². The largest absolute Gasteiger partial charge is 1.00 e. The van der Waals surface area contributed by atoms with Crippen LogP contribution in [0, 0.1) is 6.92 Å². The van der Waals surface area contributed by atoms with Crippen molar-refractivity contribution >= 4 is 35.1 Å². The number of carbonyl (C=O) groups excluding carboxylic acids is 2. The number of aromatic carboxylic acids is 1. The fourth-order valence-electron chi connectivity index (χ4n) is 1.95. The van der Waals surface area contributed by atoms with Gasteiger partial charge in [-0.2, -0.15) is 5.10 Å². The van der Waals surface area contributed by atoms with E-state index in [2.05, 4.69) is 9.84 Å². The number of rotatable bonds is 3. The van der Waals surface area contributed by atoms with Gasteiger partial charge in [0.2, 0.25) is 5.43 Å². The Hall–Kier alpha value is -1.38. The molecule has 0 aliphatic carbocycles. The maximum atomic E-state index is 12.1. The van der Waals surface area contributed by atoms with E-state index in [0.29, 0.717) is 5.69 Å². The first-order valence-corrected chi connectivity index (χ1v) is 6.92. The van der Waals surface area contributed by atoms with Crippen LogP contribution in [-0.2, 0) is 4.74 Å². The van der Waals surface area contributed by atoms with Crippen LogP contribution in [0.1, 0.15) is 26.5 Å². The molecular weight excluding hydrogens is 370 g/mol. The van der Waals surface area contributed by atoms with Gasteiger partial charge in [-0.15, -0.1) is 0 Å². The molecule has 0 spiro atoms. The first-order valence-electron chi connectivity index (χ1n) is 6.17. The summed E-state index contributed by atoms with van der Waals surface area (Å²) in [5.74, 6) is -2.79. The summed E-state index contributed by atoms with van der Waals surface area (Å²) in [6.45, 7) is 1.42. The summed E-state index contributed by atoms with van der Waals surface area (Å²) in [4.78, 5) is 35.0. The van der Waals surface area contributed by atoms with E-state index < -0.39 is 28.6 Å². The summed E-state index contributed by atoms with van der Waals surface area (Å²) in [5, 5.41) is 15.3.